The van der Waals surface area contributed by atoms with Gasteiger partial charge in [0.15, 0.2) is 0 Å². The van der Waals surface area contributed by atoms with E-state index in [1.165, 1.54) is 0 Å². The first kappa shape index (κ1) is 17.5. The highest BCUT2D eigenvalue weighted by Gasteiger charge is 2.29. The third-order valence-electron chi connectivity index (χ3n) is 4.23. The Morgan fingerprint density at radius 2 is 2.08 bits per heavy atom. The summed E-state index contributed by atoms with van der Waals surface area (Å²) in [5.41, 5.74) is 3.39. The Balaban J connectivity index is 1.80. The molecule has 1 heterocycles. The van der Waals surface area contributed by atoms with E-state index in [2.05, 4.69) is 26.6 Å². The summed E-state index contributed by atoms with van der Waals surface area (Å²) in [4.78, 5) is 26.6. The Kier molecular flexibility index (Phi) is 5.08. The Labute approximate surface area is 155 Å². The molecule has 0 aliphatic carbocycles. The number of fused-ring (bicyclic) bond motifs is 1. The molecular weight excluding hydrogens is 382 g/mol. The minimum atomic E-state index is -0.204. The van der Waals surface area contributed by atoms with Gasteiger partial charge in [-0.2, -0.15) is 0 Å². The highest BCUT2D eigenvalue weighted by atomic mass is 79.9. The maximum atomic E-state index is 12.9. The number of para-hydroxylation sites is 2. The number of nitrogens with one attached hydrogen (secondary N) is 2. The molecule has 2 aromatic carbocycles. The molecule has 0 aromatic heterocycles. The van der Waals surface area contributed by atoms with Gasteiger partial charge in [0.05, 0.1) is 17.9 Å². The van der Waals surface area contributed by atoms with Crippen LogP contribution >= 0.6 is 15.9 Å². The van der Waals surface area contributed by atoms with Crippen LogP contribution in [0.3, 0.4) is 0 Å². The molecule has 6 heteroatoms. The van der Waals surface area contributed by atoms with E-state index in [4.69, 9.17) is 0 Å². The smallest absolute Gasteiger partial charge is 0.246 e. The molecule has 2 aromatic rings. The first-order chi connectivity index (χ1) is 12.0. The molecule has 3 rings (SSSR count). The molecule has 5 nitrogen and oxygen atoms in total. The Morgan fingerprint density at radius 1 is 1.32 bits per heavy atom. The van der Waals surface area contributed by atoms with E-state index in [0.29, 0.717) is 5.69 Å². The van der Waals surface area contributed by atoms with Gasteiger partial charge < -0.3 is 15.5 Å². The lowest BCUT2D eigenvalue weighted by Crippen LogP contribution is -2.42. The average molecular weight is 402 g/mol. The van der Waals surface area contributed by atoms with Crippen LogP contribution in [0.2, 0.25) is 0 Å². The van der Waals surface area contributed by atoms with Crippen molar-refractivity contribution in [3.63, 3.8) is 0 Å². The van der Waals surface area contributed by atoms with Crippen LogP contribution in [-0.2, 0) is 9.59 Å². The lowest BCUT2D eigenvalue weighted by atomic mass is 10.1. The minimum absolute atomic E-state index is 0.0722. The van der Waals surface area contributed by atoms with Crippen LogP contribution in [0.25, 0.3) is 0 Å². The normalized spacial score (nSPS) is 16.7. The van der Waals surface area contributed by atoms with Crippen molar-refractivity contribution >= 4 is 44.8 Å². The van der Waals surface area contributed by atoms with Crippen molar-refractivity contribution in [1.82, 2.24) is 0 Å². The molecule has 0 saturated heterocycles. The molecule has 130 valence electrons. The quantitative estimate of drug-likeness (QED) is 0.818. The number of halogens is 1. The monoisotopic (exact) mass is 401 g/mol. The van der Waals surface area contributed by atoms with Crippen molar-refractivity contribution < 1.29 is 9.59 Å². The fraction of sp³-hybridized carbons (Fsp3) is 0.263. The zero-order valence-corrected chi connectivity index (χ0v) is 15.8. The lowest BCUT2D eigenvalue weighted by molar-refractivity contribution is -0.118. The fourth-order valence-electron chi connectivity index (χ4n) is 2.99. The van der Waals surface area contributed by atoms with Crippen molar-refractivity contribution in [3.8, 4) is 0 Å². The van der Waals surface area contributed by atoms with Gasteiger partial charge >= 0.3 is 0 Å². The van der Waals surface area contributed by atoms with Crippen molar-refractivity contribution in [3.05, 3.63) is 52.5 Å². The molecule has 25 heavy (non-hydrogen) atoms. The summed E-state index contributed by atoms with van der Waals surface area (Å²) in [6, 6.07) is 13.1. The van der Waals surface area contributed by atoms with Gasteiger partial charge in [-0.05, 0) is 49.7 Å². The molecule has 1 unspecified atom stereocenters. The number of carbonyl (C=O) groups excluding carboxylic acids is 2. The molecule has 1 aliphatic rings. The van der Waals surface area contributed by atoms with Crippen LogP contribution in [0.15, 0.2) is 46.9 Å². The lowest BCUT2D eigenvalue weighted by Gasteiger charge is -2.28. The number of hydrogen-bond donors (Lipinski definition) is 2. The number of benzene rings is 2. The summed E-state index contributed by atoms with van der Waals surface area (Å²) in [5, 5.41) is 6.04. The van der Waals surface area contributed by atoms with Crippen LogP contribution in [0.4, 0.5) is 17.1 Å². The third-order valence-corrected chi connectivity index (χ3v) is 5.12. The number of aryl methyl sites for hydroxylation is 1. The van der Waals surface area contributed by atoms with E-state index < -0.39 is 0 Å². The summed E-state index contributed by atoms with van der Waals surface area (Å²) in [7, 11) is 0. The van der Waals surface area contributed by atoms with Gasteiger partial charge in [0.1, 0.15) is 0 Å². The second kappa shape index (κ2) is 7.27. The maximum absolute atomic E-state index is 12.9. The molecular formula is C19H20BrN3O2. The van der Waals surface area contributed by atoms with Crippen molar-refractivity contribution in [2.45, 2.75) is 26.3 Å². The number of amides is 2. The van der Waals surface area contributed by atoms with E-state index in [-0.39, 0.29) is 30.8 Å². The van der Waals surface area contributed by atoms with Crippen molar-refractivity contribution in [1.29, 1.82) is 0 Å². The van der Waals surface area contributed by atoms with Crippen molar-refractivity contribution in [2.24, 2.45) is 0 Å². The molecule has 1 atom stereocenters. The van der Waals surface area contributed by atoms with Gasteiger partial charge in [-0.3, -0.25) is 9.59 Å². The molecule has 0 bridgehead atoms. The molecule has 1 aliphatic heterocycles. The standard InChI is InChI=1S/C19H20BrN3O2/c1-12-9-14(7-8-15(12)20)21-11-19(25)23-13(2)10-18(24)22-16-5-3-4-6-17(16)23/h3-9,13,21H,10-11H2,1-2H3,(H,22,24). The van der Waals surface area contributed by atoms with Crippen LogP contribution in [0.5, 0.6) is 0 Å². The first-order valence-corrected chi connectivity index (χ1v) is 8.96. The number of rotatable bonds is 3. The van der Waals surface area contributed by atoms with E-state index in [1.807, 2.05) is 56.3 Å². The van der Waals surface area contributed by atoms with Crippen LogP contribution < -0.4 is 15.5 Å². The summed E-state index contributed by atoms with van der Waals surface area (Å²) in [6.45, 7) is 4.05. The molecule has 0 radical (unpaired) electrons. The van der Waals surface area contributed by atoms with Gasteiger partial charge in [0.25, 0.3) is 0 Å². The molecule has 0 saturated carbocycles. The van der Waals surface area contributed by atoms with Crippen LogP contribution in [0, 0.1) is 6.92 Å². The van der Waals surface area contributed by atoms with Gasteiger partial charge in [0, 0.05) is 22.6 Å². The van der Waals surface area contributed by atoms with E-state index >= 15 is 0 Å². The van der Waals surface area contributed by atoms with Gasteiger partial charge in [-0.25, -0.2) is 0 Å². The molecule has 2 N–H and O–H groups in total. The maximum Gasteiger partial charge on any atom is 0.246 e. The highest BCUT2D eigenvalue weighted by molar-refractivity contribution is 9.10. The Bertz CT molecular complexity index is 822. The van der Waals surface area contributed by atoms with E-state index in [9.17, 15) is 9.59 Å². The van der Waals surface area contributed by atoms with Gasteiger partial charge in [0.2, 0.25) is 11.8 Å². The number of anilines is 3. The highest BCUT2D eigenvalue weighted by Crippen LogP contribution is 2.31. The number of hydrogen-bond acceptors (Lipinski definition) is 3. The molecule has 0 spiro atoms. The average Bonchev–Trinajstić information content (AvgIpc) is 2.70. The van der Waals surface area contributed by atoms with Gasteiger partial charge in [-0.1, -0.05) is 28.1 Å². The first-order valence-electron chi connectivity index (χ1n) is 8.16. The second-order valence-corrected chi connectivity index (χ2v) is 7.05. The van der Waals surface area contributed by atoms with E-state index in [1.54, 1.807) is 4.90 Å². The predicted molar refractivity (Wildman–Crippen MR) is 104 cm³/mol. The SMILES string of the molecule is Cc1cc(NCC(=O)N2c3ccccc3NC(=O)CC2C)ccc1Br. The predicted octanol–water partition coefficient (Wildman–Crippen LogP) is 3.93. The largest absolute Gasteiger partial charge is 0.376 e. The summed E-state index contributed by atoms with van der Waals surface area (Å²) in [5.74, 6) is -0.149. The summed E-state index contributed by atoms with van der Waals surface area (Å²) in [6.07, 6.45) is 0.276. The fourth-order valence-corrected chi connectivity index (χ4v) is 3.23. The number of nitrogens with zero attached hydrogens (tertiary/aromatic N) is 1. The zero-order chi connectivity index (χ0) is 18.0. The summed E-state index contributed by atoms with van der Waals surface area (Å²) < 4.78 is 1.03. The minimum Gasteiger partial charge on any atom is -0.376 e. The molecule has 0 fully saturated rings. The van der Waals surface area contributed by atoms with Gasteiger partial charge in [-0.15, -0.1) is 0 Å². The third kappa shape index (κ3) is 3.85. The Morgan fingerprint density at radius 3 is 2.84 bits per heavy atom. The number of carbonyl (C=O) groups is 2. The summed E-state index contributed by atoms with van der Waals surface area (Å²) >= 11 is 3.47. The van der Waals surface area contributed by atoms with Crippen molar-refractivity contribution in [2.75, 3.05) is 22.1 Å². The zero-order valence-electron chi connectivity index (χ0n) is 14.2. The molecule has 2 amide bonds. The van der Waals surface area contributed by atoms with E-state index in [0.717, 1.165) is 21.4 Å². The van der Waals surface area contributed by atoms with Crippen LogP contribution in [-0.4, -0.2) is 24.4 Å². The Hall–Kier alpha value is -2.34. The topological polar surface area (TPSA) is 61.4 Å². The van der Waals surface area contributed by atoms with Crippen LogP contribution in [0.1, 0.15) is 18.9 Å². The second-order valence-electron chi connectivity index (χ2n) is 6.20.